The van der Waals surface area contributed by atoms with Crippen molar-refractivity contribution in [3.8, 4) is 11.5 Å². The number of phenolic OH excluding ortho intramolecular Hbond substituents is 1. The number of ether oxygens (including phenoxy) is 1. The number of benzene rings is 1. The van der Waals surface area contributed by atoms with Gasteiger partial charge in [0.1, 0.15) is 23.1 Å². The summed E-state index contributed by atoms with van der Waals surface area (Å²) in [6.07, 6.45) is 2.84. The Kier molecular flexibility index (Phi) is 5.99. The third-order valence-corrected chi connectivity index (χ3v) is 5.26. The highest BCUT2D eigenvalue weighted by Gasteiger charge is 2.20. The van der Waals surface area contributed by atoms with Crippen molar-refractivity contribution >= 4 is 5.91 Å². The molecule has 0 saturated heterocycles. The van der Waals surface area contributed by atoms with E-state index < -0.39 is 0 Å². The molecule has 0 atom stereocenters. The Labute approximate surface area is 174 Å². The molecule has 9 heteroatoms. The molecule has 0 saturated carbocycles. The number of hydrogen-bond donors (Lipinski definition) is 2. The van der Waals surface area contributed by atoms with Gasteiger partial charge in [-0.15, -0.1) is 10.2 Å². The molecule has 0 aliphatic carbocycles. The van der Waals surface area contributed by atoms with Gasteiger partial charge in [0.15, 0.2) is 5.76 Å². The molecular formula is C21H25N5O4. The van der Waals surface area contributed by atoms with Gasteiger partial charge in [0.05, 0.1) is 13.4 Å². The van der Waals surface area contributed by atoms with Crippen LogP contribution >= 0.6 is 0 Å². The van der Waals surface area contributed by atoms with E-state index in [9.17, 15) is 9.90 Å². The lowest BCUT2D eigenvalue weighted by Crippen LogP contribution is -2.28. The van der Waals surface area contributed by atoms with Gasteiger partial charge in [-0.05, 0) is 30.3 Å². The van der Waals surface area contributed by atoms with Crippen molar-refractivity contribution < 1.29 is 19.1 Å². The van der Waals surface area contributed by atoms with Crippen LogP contribution in [0.2, 0.25) is 0 Å². The highest BCUT2D eigenvalue weighted by molar-refractivity contribution is 5.91. The predicted molar refractivity (Wildman–Crippen MR) is 108 cm³/mol. The number of aromatic nitrogens is 3. The molecule has 3 aromatic rings. The Morgan fingerprint density at radius 2 is 2.17 bits per heavy atom. The van der Waals surface area contributed by atoms with Crippen molar-refractivity contribution in [1.29, 1.82) is 0 Å². The minimum Gasteiger partial charge on any atom is -0.508 e. The molecule has 2 aromatic heterocycles. The van der Waals surface area contributed by atoms with Gasteiger partial charge in [-0.3, -0.25) is 9.69 Å². The quantitative estimate of drug-likeness (QED) is 0.608. The van der Waals surface area contributed by atoms with Crippen LogP contribution in [0, 0.1) is 0 Å². The summed E-state index contributed by atoms with van der Waals surface area (Å²) in [4.78, 5) is 14.3. The van der Waals surface area contributed by atoms with E-state index in [0.717, 1.165) is 49.0 Å². The van der Waals surface area contributed by atoms with Crippen LogP contribution in [-0.4, -0.2) is 57.4 Å². The maximum atomic E-state index is 12.0. The first-order valence-corrected chi connectivity index (χ1v) is 9.95. The summed E-state index contributed by atoms with van der Waals surface area (Å²) in [5, 5.41) is 21.7. The first-order valence-electron chi connectivity index (χ1n) is 9.95. The van der Waals surface area contributed by atoms with E-state index in [-0.39, 0.29) is 11.7 Å². The highest BCUT2D eigenvalue weighted by atomic mass is 16.5. The number of fused-ring (bicyclic) bond motifs is 1. The van der Waals surface area contributed by atoms with E-state index in [1.807, 2.05) is 6.07 Å². The lowest BCUT2D eigenvalue weighted by Gasteiger charge is -2.20. The zero-order chi connectivity index (χ0) is 20.9. The minimum absolute atomic E-state index is 0.236. The molecule has 0 spiro atoms. The molecule has 1 amide bonds. The maximum Gasteiger partial charge on any atom is 0.286 e. The Morgan fingerprint density at radius 3 is 2.97 bits per heavy atom. The number of nitrogens with one attached hydrogen (secondary N) is 1. The van der Waals surface area contributed by atoms with E-state index in [2.05, 4.69) is 25.0 Å². The van der Waals surface area contributed by atoms with Gasteiger partial charge < -0.3 is 24.1 Å². The summed E-state index contributed by atoms with van der Waals surface area (Å²) in [6, 6.07) is 8.60. The maximum absolute atomic E-state index is 12.0. The fourth-order valence-electron chi connectivity index (χ4n) is 3.61. The third-order valence-electron chi connectivity index (χ3n) is 5.26. The Morgan fingerprint density at radius 1 is 1.27 bits per heavy atom. The fraction of sp³-hybridized carbons (Fsp3) is 0.381. The van der Waals surface area contributed by atoms with E-state index in [4.69, 9.17) is 9.15 Å². The van der Waals surface area contributed by atoms with Gasteiger partial charge in [-0.25, -0.2) is 0 Å². The molecule has 0 fully saturated rings. The number of rotatable bonds is 7. The molecule has 1 aliphatic rings. The van der Waals surface area contributed by atoms with Crippen LogP contribution < -0.4 is 10.1 Å². The largest absolute Gasteiger partial charge is 0.508 e. The highest BCUT2D eigenvalue weighted by Crippen LogP contribution is 2.25. The lowest BCUT2D eigenvalue weighted by atomic mass is 10.1. The zero-order valence-corrected chi connectivity index (χ0v) is 16.9. The Balaban J connectivity index is 1.34. The molecule has 0 unspecified atom stereocenters. The molecule has 2 N–H and O–H groups in total. The predicted octanol–water partition coefficient (Wildman–Crippen LogP) is 1.62. The van der Waals surface area contributed by atoms with Crippen molar-refractivity contribution in [3.63, 3.8) is 0 Å². The molecule has 158 valence electrons. The molecule has 0 bridgehead atoms. The van der Waals surface area contributed by atoms with Crippen molar-refractivity contribution in [2.75, 3.05) is 26.7 Å². The van der Waals surface area contributed by atoms with E-state index in [0.29, 0.717) is 25.3 Å². The average Bonchev–Trinajstić information content (AvgIpc) is 3.38. The van der Waals surface area contributed by atoms with Gasteiger partial charge >= 0.3 is 0 Å². The van der Waals surface area contributed by atoms with Crippen LogP contribution in [0.1, 0.15) is 27.8 Å². The summed E-state index contributed by atoms with van der Waals surface area (Å²) in [5.74, 6) is 2.86. The first-order chi connectivity index (χ1) is 14.6. The molecule has 0 radical (unpaired) electrons. The van der Waals surface area contributed by atoms with Crippen LogP contribution in [0.3, 0.4) is 0 Å². The van der Waals surface area contributed by atoms with Crippen molar-refractivity contribution in [1.82, 2.24) is 25.0 Å². The van der Waals surface area contributed by atoms with Crippen LogP contribution in [0.4, 0.5) is 0 Å². The second kappa shape index (κ2) is 9.00. The van der Waals surface area contributed by atoms with Gasteiger partial charge in [0, 0.05) is 51.1 Å². The topological polar surface area (TPSA) is 106 Å². The Bertz CT molecular complexity index is 999. The molecule has 30 heavy (non-hydrogen) atoms. The second-order valence-electron chi connectivity index (χ2n) is 7.19. The number of furan rings is 1. The lowest BCUT2D eigenvalue weighted by molar-refractivity contribution is 0.0926. The number of carbonyl (C=O) groups excluding carboxylic acids is 1. The summed E-state index contributed by atoms with van der Waals surface area (Å²) >= 11 is 0. The Hall–Kier alpha value is -3.33. The van der Waals surface area contributed by atoms with Crippen molar-refractivity contribution in [2.45, 2.75) is 25.9 Å². The number of amides is 1. The van der Waals surface area contributed by atoms with Crippen LogP contribution in [0.15, 0.2) is 41.0 Å². The van der Waals surface area contributed by atoms with E-state index in [1.54, 1.807) is 31.4 Å². The second-order valence-corrected chi connectivity index (χ2v) is 7.19. The summed E-state index contributed by atoms with van der Waals surface area (Å²) in [5.41, 5.74) is 0.841. The molecular weight excluding hydrogens is 386 g/mol. The molecule has 4 rings (SSSR count). The number of hydrogen-bond acceptors (Lipinski definition) is 7. The zero-order valence-electron chi connectivity index (χ0n) is 16.9. The molecule has 1 aliphatic heterocycles. The summed E-state index contributed by atoms with van der Waals surface area (Å²) < 4.78 is 12.5. The molecule has 9 nitrogen and oxygen atoms in total. The summed E-state index contributed by atoms with van der Waals surface area (Å²) in [7, 11) is 1.62. The molecule has 1 aromatic carbocycles. The van der Waals surface area contributed by atoms with Gasteiger partial charge in [0.25, 0.3) is 5.91 Å². The van der Waals surface area contributed by atoms with Gasteiger partial charge in [0.2, 0.25) is 0 Å². The SMILES string of the molecule is COc1ccc(O)c(CN2CCc3nnc(CCNC(=O)c4ccco4)n3CC2)c1. The third kappa shape index (κ3) is 4.46. The summed E-state index contributed by atoms with van der Waals surface area (Å²) in [6.45, 7) is 3.49. The number of phenols is 1. The standard InChI is InChI=1S/C21H25N5O4/c1-29-16-4-5-17(27)15(13-16)14-25-9-7-20-24-23-19(26(20)11-10-25)6-8-22-21(28)18-3-2-12-30-18/h2-5,12-13,27H,6-11,14H2,1H3,(H,22,28). The van der Waals surface area contributed by atoms with Crippen LogP contribution in [0.25, 0.3) is 0 Å². The number of methoxy groups -OCH3 is 1. The number of nitrogens with zero attached hydrogens (tertiary/aromatic N) is 4. The number of aromatic hydroxyl groups is 1. The first kappa shape index (κ1) is 20.0. The number of carbonyl (C=O) groups is 1. The van der Waals surface area contributed by atoms with Gasteiger partial charge in [-0.2, -0.15) is 0 Å². The van der Waals surface area contributed by atoms with Crippen LogP contribution in [0.5, 0.6) is 11.5 Å². The van der Waals surface area contributed by atoms with Gasteiger partial charge in [-0.1, -0.05) is 0 Å². The van der Waals surface area contributed by atoms with Crippen molar-refractivity contribution in [3.05, 3.63) is 59.6 Å². The minimum atomic E-state index is -0.236. The smallest absolute Gasteiger partial charge is 0.286 e. The monoisotopic (exact) mass is 411 g/mol. The molecule has 3 heterocycles. The fourth-order valence-corrected chi connectivity index (χ4v) is 3.61. The van der Waals surface area contributed by atoms with Crippen LogP contribution in [-0.2, 0) is 25.9 Å². The van der Waals surface area contributed by atoms with E-state index >= 15 is 0 Å². The van der Waals surface area contributed by atoms with Crippen molar-refractivity contribution in [2.24, 2.45) is 0 Å². The normalized spacial score (nSPS) is 14.2. The average molecular weight is 411 g/mol. The van der Waals surface area contributed by atoms with E-state index in [1.165, 1.54) is 6.26 Å².